The second kappa shape index (κ2) is 15.4. The van der Waals surface area contributed by atoms with E-state index in [2.05, 4.69) is 29.0 Å². The number of hydrogen-bond donors (Lipinski definition) is 1. The summed E-state index contributed by atoms with van der Waals surface area (Å²) in [5.74, 6) is -2.96. The average molecular weight is 720 g/mol. The minimum atomic E-state index is -3.44. The Bertz CT molecular complexity index is 2200. The molecule has 0 bridgehead atoms. The third-order valence-electron chi connectivity index (χ3n) is 9.38. The molecule has 5 aromatic rings. The second-order valence-corrected chi connectivity index (χ2v) is 15.3. The number of Topliss-reactive ketones (excluding diaryl/α,β-unsaturated/α-hetero) is 1. The number of ketones is 1. The highest BCUT2D eigenvalue weighted by Gasteiger charge is 2.39. The van der Waals surface area contributed by atoms with Crippen molar-refractivity contribution >= 4 is 27.5 Å². The summed E-state index contributed by atoms with van der Waals surface area (Å²) in [6.07, 6.45) is 6.38. The Morgan fingerprint density at radius 2 is 1.42 bits per heavy atom. The lowest BCUT2D eigenvalue weighted by atomic mass is 9.88. The summed E-state index contributed by atoms with van der Waals surface area (Å²) in [4.78, 5) is 48.6. The van der Waals surface area contributed by atoms with Crippen LogP contribution < -0.4 is 0 Å². The second-order valence-electron chi connectivity index (χ2n) is 13.2. The fourth-order valence-electron chi connectivity index (χ4n) is 6.32. The maximum absolute atomic E-state index is 15.3. The van der Waals surface area contributed by atoms with E-state index >= 15 is 4.39 Å². The number of aliphatic carboxylic acids is 1. The third-order valence-corrected chi connectivity index (χ3v) is 10.5. The molecule has 0 radical (unpaired) electrons. The van der Waals surface area contributed by atoms with Gasteiger partial charge in [0.2, 0.25) is 5.91 Å². The van der Waals surface area contributed by atoms with Crippen molar-refractivity contribution in [3.8, 4) is 33.6 Å². The topological polar surface area (TPSA) is 135 Å². The molecule has 11 heteroatoms. The molecule has 2 heterocycles. The van der Waals surface area contributed by atoms with Gasteiger partial charge >= 0.3 is 5.97 Å². The first-order chi connectivity index (χ1) is 24.9. The van der Waals surface area contributed by atoms with Gasteiger partial charge < -0.3 is 10.0 Å². The molecule has 1 saturated heterocycles. The number of likely N-dealkylation sites (tertiary alicyclic amines) is 1. The van der Waals surface area contributed by atoms with Crippen LogP contribution in [0.15, 0.2) is 108 Å². The Hall–Kier alpha value is -5.55. The van der Waals surface area contributed by atoms with Gasteiger partial charge in [-0.15, -0.1) is 0 Å². The van der Waals surface area contributed by atoms with Crippen molar-refractivity contribution in [1.29, 1.82) is 0 Å². The summed E-state index contributed by atoms with van der Waals surface area (Å²) in [5.41, 5.74) is 5.66. The lowest BCUT2D eigenvalue weighted by molar-refractivity contribution is -0.154. The number of rotatable bonds is 13. The summed E-state index contributed by atoms with van der Waals surface area (Å²) in [6.45, 7) is 2.29. The van der Waals surface area contributed by atoms with Crippen LogP contribution in [0, 0.1) is 17.7 Å². The number of halogens is 1. The molecule has 1 fully saturated rings. The maximum atomic E-state index is 15.3. The van der Waals surface area contributed by atoms with Crippen LogP contribution in [-0.2, 0) is 32.3 Å². The van der Waals surface area contributed by atoms with Gasteiger partial charge in [0, 0.05) is 66.3 Å². The molecule has 9 nitrogen and oxygen atoms in total. The SMILES string of the molecule is CCCc1ccc(-c2ccc(-c3cnc(-c4ccc(C[C@H](CC(=O)c5ccc(S(C)(=O)=O)cc5)C(=O)N5CC(C(=O)O)C5)cc4)nc3)c(F)c2)cc1. The summed E-state index contributed by atoms with van der Waals surface area (Å²) < 4.78 is 39.0. The Balaban J connectivity index is 1.15. The molecular weight excluding hydrogens is 682 g/mol. The van der Waals surface area contributed by atoms with E-state index in [0.717, 1.165) is 35.8 Å². The molecule has 1 N–H and O–H groups in total. The van der Waals surface area contributed by atoms with Crippen LogP contribution >= 0.6 is 0 Å². The van der Waals surface area contributed by atoms with E-state index in [1.54, 1.807) is 18.5 Å². The molecule has 6 rings (SSSR count). The standard InChI is InChI=1S/C41H38FN3O6S/c1-3-4-26-5-9-28(10-6-26)31-15-18-36(37(42)20-31)33-22-43-39(44-23-33)30-11-7-27(8-12-30)19-32(40(47)45-24-34(25-45)41(48)49)21-38(46)29-13-16-35(17-14-29)52(2,50)51/h5-18,20,22-23,32,34H,3-4,19,21,24-25H2,1-2H3,(H,48,49)/t32-/m1/s1. The lowest BCUT2D eigenvalue weighted by Gasteiger charge is -2.38. The van der Waals surface area contributed by atoms with Crippen LogP contribution in [0.4, 0.5) is 4.39 Å². The lowest BCUT2D eigenvalue weighted by Crippen LogP contribution is -2.55. The first-order valence-corrected chi connectivity index (χ1v) is 18.9. The monoisotopic (exact) mass is 719 g/mol. The van der Waals surface area contributed by atoms with Crippen molar-refractivity contribution in [3.05, 3.63) is 126 Å². The van der Waals surface area contributed by atoms with Crippen molar-refractivity contribution in [2.75, 3.05) is 19.3 Å². The number of carbonyl (C=O) groups is 3. The number of aromatic nitrogens is 2. The Kier molecular flexibility index (Phi) is 10.7. The normalized spacial score (nSPS) is 13.7. The highest BCUT2D eigenvalue weighted by Crippen LogP contribution is 2.30. The van der Waals surface area contributed by atoms with Gasteiger partial charge in [0.15, 0.2) is 21.4 Å². The minimum absolute atomic E-state index is 0.0785. The smallest absolute Gasteiger partial charge is 0.310 e. The highest BCUT2D eigenvalue weighted by molar-refractivity contribution is 7.90. The number of carbonyl (C=O) groups excluding carboxylic acids is 2. The molecule has 0 spiro atoms. The van der Waals surface area contributed by atoms with Crippen LogP contribution in [-0.4, -0.2) is 65.4 Å². The van der Waals surface area contributed by atoms with Crippen molar-refractivity contribution in [2.24, 2.45) is 11.8 Å². The number of hydrogen-bond acceptors (Lipinski definition) is 7. The Labute approximate surface area is 302 Å². The highest BCUT2D eigenvalue weighted by atomic mass is 32.2. The summed E-state index contributed by atoms with van der Waals surface area (Å²) in [7, 11) is -3.44. The number of amides is 1. The molecule has 266 valence electrons. The van der Waals surface area contributed by atoms with Crippen molar-refractivity contribution in [2.45, 2.75) is 37.5 Å². The van der Waals surface area contributed by atoms with Crippen LogP contribution in [0.3, 0.4) is 0 Å². The van der Waals surface area contributed by atoms with E-state index in [1.165, 1.54) is 40.8 Å². The van der Waals surface area contributed by atoms with Crippen LogP contribution in [0.5, 0.6) is 0 Å². The predicted molar refractivity (Wildman–Crippen MR) is 196 cm³/mol. The third kappa shape index (κ3) is 8.32. The van der Waals surface area contributed by atoms with Crippen LogP contribution in [0.25, 0.3) is 33.6 Å². The first-order valence-electron chi connectivity index (χ1n) is 17.0. The number of carboxylic acids is 1. The summed E-state index contributed by atoms with van der Waals surface area (Å²) >= 11 is 0. The maximum Gasteiger partial charge on any atom is 0.310 e. The number of nitrogens with zero attached hydrogens (tertiary/aromatic N) is 3. The van der Waals surface area contributed by atoms with E-state index in [9.17, 15) is 27.9 Å². The number of aryl methyl sites for hydroxylation is 1. The zero-order valence-corrected chi connectivity index (χ0v) is 29.6. The number of carboxylic acid groups (broad SMARTS) is 1. The largest absolute Gasteiger partial charge is 0.481 e. The van der Waals surface area contributed by atoms with E-state index in [0.29, 0.717) is 22.5 Å². The summed E-state index contributed by atoms with van der Waals surface area (Å²) in [5, 5.41) is 9.29. The van der Waals surface area contributed by atoms with Crippen LogP contribution in [0.1, 0.15) is 41.3 Å². The van der Waals surface area contributed by atoms with Crippen molar-refractivity contribution in [1.82, 2.24) is 14.9 Å². The Morgan fingerprint density at radius 3 is 2.00 bits per heavy atom. The zero-order chi connectivity index (χ0) is 37.0. The van der Waals surface area contributed by atoms with Crippen molar-refractivity contribution in [3.63, 3.8) is 0 Å². The van der Waals surface area contributed by atoms with Crippen molar-refractivity contribution < 1.29 is 32.3 Å². The van der Waals surface area contributed by atoms with Gasteiger partial charge in [0.25, 0.3) is 0 Å². The van der Waals surface area contributed by atoms with E-state index < -0.39 is 27.6 Å². The number of sulfone groups is 1. The van der Waals surface area contributed by atoms with E-state index in [-0.39, 0.29) is 53.9 Å². The van der Waals surface area contributed by atoms with Crippen LogP contribution in [0.2, 0.25) is 0 Å². The predicted octanol–water partition coefficient (Wildman–Crippen LogP) is 6.95. The molecule has 0 aliphatic carbocycles. The van der Waals surface area contributed by atoms with Gasteiger partial charge in [0.05, 0.1) is 10.8 Å². The first kappa shape index (κ1) is 36.2. The molecular formula is C41H38FN3O6S. The fraction of sp³-hybridized carbons (Fsp3) is 0.244. The van der Waals surface area contributed by atoms with Gasteiger partial charge in [-0.1, -0.05) is 86.1 Å². The van der Waals surface area contributed by atoms with Gasteiger partial charge in [0.1, 0.15) is 5.82 Å². The molecule has 1 aliphatic rings. The van der Waals surface area contributed by atoms with Gasteiger partial charge in [-0.25, -0.2) is 22.8 Å². The average Bonchev–Trinajstić information content (AvgIpc) is 3.11. The molecule has 1 amide bonds. The molecule has 4 aromatic carbocycles. The molecule has 0 unspecified atom stereocenters. The summed E-state index contributed by atoms with van der Waals surface area (Å²) in [6, 6.07) is 26.1. The van der Waals surface area contributed by atoms with Gasteiger partial charge in [-0.05, 0) is 53.3 Å². The minimum Gasteiger partial charge on any atom is -0.481 e. The van der Waals surface area contributed by atoms with Gasteiger partial charge in [-0.2, -0.15) is 0 Å². The quantitative estimate of drug-likeness (QED) is 0.129. The number of benzene rings is 4. The Morgan fingerprint density at radius 1 is 0.827 bits per heavy atom. The molecule has 0 saturated carbocycles. The molecule has 1 atom stereocenters. The molecule has 1 aromatic heterocycles. The molecule has 52 heavy (non-hydrogen) atoms. The van der Waals surface area contributed by atoms with E-state index in [4.69, 9.17) is 0 Å². The zero-order valence-electron chi connectivity index (χ0n) is 28.8. The molecule has 1 aliphatic heterocycles. The van der Waals surface area contributed by atoms with E-state index in [1.807, 2.05) is 42.5 Å². The fourth-order valence-corrected chi connectivity index (χ4v) is 6.95. The van der Waals surface area contributed by atoms with Gasteiger partial charge in [-0.3, -0.25) is 14.4 Å².